The molecule has 0 aromatic carbocycles. The lowest BCUT2D eigenvalue weighted by atomic mass is 9.90. The summed E-state index contributed by atoms with van der Waals surface area (Å²) >= 11 is 0. The molecule has 1 atom stereocenters. The summed E-state index contributed by atoms with van der Waals surface area (Å²) in [6.45, 7) is 0.340. The maximum atomic E-state index is 11.4. The summed E-state index contributed by atoms with van der Waals surface area (Å²) in [6.07, 6.45) is 2.74. The van der Waals surface area contributed by atoms with Gasteiger partial charge in [0.25, 0.3) is 0 Å². The molecule has 0 spiro atoms. The molecule has 86 valence electrons. The summed E-state index contributed by atoms with van der Waals surface area (Å²) in [5.74, 6) is -1.14. The highest BCUT2D eigenvalue weighted by Gasteiger charge is 2.40. The molecule has 0 aromatic heterocycles. The Hall–Kier alpha value is -1.10. The Kier molecular flexibility index (Phi) is 4.08. The number of amides is 1. The molecule has 0 radical (unpaired) electrons. The fourth-order valence-corrected chi connectivity index (χ4v) is 1.84. The highest BCUT2D eigenvalue weighted by Crippen LogP contribution is 2.23. The summed E-state index contributed by atoms with van der Waals surface area (Å²) in [4.78, 5) is 22.6. The smallest absolute Gasteiger partial charge is 0.329 e. The van der Waals surface area contributed by atoms with Crippen LogP contribution in [-0.4, -0.2) is 36.2 Å². The van der Waals surface area contributed by atoms with Crippen LogP contribution in [0.1, 0.15) is 32.1 Å². The topological polar surface area (TPSA) is 75.6 Å². The Morgan fingerprint density at radius 2 is 2.33 bits per heavy atom. The van der Waals surface area contributed by atoms with Crippen molar-refractivity contribution >= 4 is 11.9 Å². The lowest BCUT2D eigenvalue weighted by Crippen LogP contribution is -2.54. The second-order valence-corrected chi connectivity index (χ2v) is 3.89. The lowest BCUT2D eigenvalue weighted by Gasteiger charge is -2.28. The third-order valence-electron chi connectivity index (χ3n) is 2.78. The molecule has 1 rings (SSSR count). The number of rotatable bonds is 4. The quantitative estimate of drug-likeness (QED) is 0.717. The van der Waals surface area contributed by atoms with Crippen LogP contribution in [0.5, 0.6) is 0 Å². The first kappa shape index (κ1) is 12.0. The minimum absolute atomic E-state index is 0.175. The molecule has 5 nitrogen and oxygen atoms in total. The van der Waals surface area contributed by atoms with E-state index in [0.29, 0.717) is 25.9 Å². The van der Waals surface area contributed by atoms with E-state index >= 15 is 0 Å². The van der Waals surface area contributed by atoms with E-state index in [1.807, 2.05) is 0 Å². The maximum absolute atomic E-state index is 11.4. The molecule has 0 aromatic rings. The minimum atomic E-state index is -1.12. The Labute approximate surface area is 88.8 Å². The Morgan fingerprint density at radius 3 is 2.93 bits per heavy atom. The number of carbonyl (C=O) groups is 2. The molecule has 1 aliphatic rings. The molecule has 1 fully saturated rings. The van der Waals surface area contributed by atoms with Crippen molar-refractivity contribution in [3.63, 3.8) is 0 Å². The van der Waals surface area contributed by atoms with E-state index in [9.17, 15) is 14.7 Å². The molecular formula is C10H17NO4. The summed E-state index contributed by atoms with van der Waals surface area (Å²) in [5.41, 5.74) is -1.12. The molecule has 2 N–H and O–H groups in total. The van der Waals surface area contributed by atoms with Crippen LogP contribution in [0.2, 0.25) is 0 Å². The van der Waals surface area contributed by atoms with E-state index in [4.69, 9.17) is 4.74 Å². The summed E-state index contributed by atoms with van der Waals surface area (Å²) in [7, 11) is 1.52. The van der Waals surface area contributed by atoms with E-state index in [-0.39, 0.29) is 5.91 Å². The van der Waals surface area contributed by atoms with Gasteiger partial charge in [0.15, 0.2) is 0 Å². The SMILES string of the molecule is COCC[C@@]1(C(=O)O)CCCCC(=O)N1. The van der Waals surface area contributed by atoms with Crippen molar-refractivity contribution in [2.45, 2.75) is 37.6 Å². The van der Waals surface area contributed by atoms with Crippen molar-refractivity contribution in [2.75, 3.05) is 13.7 Å². The number of carboxylic acid groups (broad SMARTS) is 1. The minimum Gasteiger partial charge on any atom is -0.480 e. The average Bonchev–Trinajstić information content (AvgIpc) is 2.38. The predicted octanol–water partition coefficient (Wildman–Crippen LogP) is 0.536. The number of ether oxygens (including phenoxy) is 1. The first-order valence-electron chi connectivity index (χ1n) is 5.14. The number of carbonyl (C=O) groups excluding carboxylic acids is 1. The molecule has 15 heavy (non-hydrogen) atoms. The van der Waals surface area contributed by atoms with E-state index in [1.54, 1.807) is 0 Å². The number of carboxylic acids is 1. The van der Waals surface area contributed by atoms with Gasteiger partial charge in [0.05, 0.1) is 0 Å². The normalized spacial score (nSPS) is 26.9. The Balaban J connectivity index is 2.76. The van der Waals surface area contributed by atoms with Gasteiger partial charge in [0.1, 0.15) is 5.54 Å². The first-order chi connectivity index (χ1) is 7.10. The second-order valence-electron chi connectivity index (χ2n) is 3.89. The zero-order chi connectivity index (χ0) is 11.3. The summed E-state index contributed by atoms with van der Waals surface area (Å²) in [6, 6.07) is 0. The molecule has 1 amide bonds. The average molecular weight is 215 g/mol. The van der Waals surface area contributed by atoms with Crippen molar-refractivity contribution in [3.05, 3.63) is 0 Å². The molecule has 1 saturated heterocycles. The molecule has 0 aliphatic carbocycles. The number of methoxy groups -OCH3 is 1. The summed E-state index contributed by atoms with van der Waals surface area (Å²) < 4.78 is 4.88. The van der Waals surface area contributed by atoms with E-state index in [1.165, 1.54) is 7.11 Å². The number of nitrogens with one attached hydrogen (secondary N) is 1. The molecule has 0 saturated carbocycles. The van der Waals surface area contributed by atoms with Gasteiger partial charge >= 0.3 is 5.97 Å². The highest BCUT2D eigenvalue weighted by atomic mass is 16.5. The van der Waals surface area contributed by atoms with Crippen LogP contribution in [0.4, 0.5) is 0 Å². The fraction of sp³-hybridized carbons (Fsp3) is 0.800. The van der Waals surface area contributed by atoms with Crippen LogP contribution in [0.3, 0.4) is 0 Å². The van der Waals surface area contributed by atoms with Gasteiger partial charge in [-0.1, -0.05) is 0 Å². The van der Waals surface area contributed by atoms with E-state index in [0.717, 1.165) is 12.8 Å². The van der Waals surface area contributed by atoms with E-state index in [2.05, 4.69) is 5.32 Å². The van der Waals surface area contributed by atoms with Crippen molar-refractivity contribution in [1.82, 2.24) is 5.32 Å². The standard InChI is InChI=1S/C10H17NO4/c1-15-7-6-10(9(13)14)5-3-2-4-8(12)11-10/h2-7H2,1H3,(H,11,12)(H,13,14)/t10-/m1/s1. The van der Waals surface area contributed by atoms with Gasteiger partial charge in [-0.25, -0.2) is 4.79 Å². The molecule has 1 aliphatic heterocycles. The third kappa shape index (κ3) is 2.92. The van der Waals surface area contributed by atoms with Crippen LogP contribution in [-0.2, 0) is 14.3 Å². The van der Waals surface area contributed by atoms with Crippen LogP contribution >= 0.6 is 0 Å². The van der Waals surface area contributed by atoms with Gasteiger partial charge in [0, 0.05) is 26.6 Å². The molecule has 5 heteroatoms. The van der Waals surface area contributed by atoms with Gasteiger partial charge in [-0.2, -0.15) is 0 Å². The lowest BCUT2D eigenvalue weighted by molar-refractivity contribution is -0.148. The van der Waals surface area contributed by atoms with Gasteiger partial charge in [-0.3, -0.25) is 4.79 Å². The monoisotopic (exact) mass is 215 g/mol. The van der Waals surface area contributed by atoms with E-state index < -0.39 is 11.5 Å². The third-order valence-corrected chi connectivity index (χ3v) is 2.78. The molecule has 0 unspecified atom stereocenters. The van der Waals surface area contributed by atoms with Gasteiger partial charge in [-0.05, 0) is 19.3 Å². The van der Waals surface area contributed by atoms with Gasteiger partial charge in [0.2, 0.25) is 5.91 Å². The zero-order valence-corrected chi connectivity index (χ0v) is 8.91. The predicted molar refractivity (Wildman–Crippen MR) is 53.5 cm³/mol. The highest BCUT2D eigenvalue weighted by molar-refractivity contribution is 5.87. The number of hydrogen-bond donors (Lipinski definition) is 2. The van der Waals surface area contributed by atoms with Crippen molar-refractivity contribution < 1.29 is 19.4 Å². The van der Waals surface area contributed by atoms with Gasteiger partial charge < -0.3 is 15.2 Å². The van der Waals surface area contributed by atoms with Gasteiger partial charge in [-0.15, -0.1) is 0 Å². The largest absolute Gasteiger partial charge is 0.480 e. The van der Waals surface area contributed by atoms with Crippen LogP contribution < -0.4 is 5.32 Å². The number of hydrogen-bond acceptors (Lipinski definition) is 3. The molecule has 1 heterocycles. The fourth-order valence-electron chi connectivity index (χ4n) is 1.84. The van der Waals surface area contributed by atoms with Crippen molar-refractivity contribution in [2.24, 2.45) is 0 Å². The Morgan fingerprint density at radius 1 is 1.60 bits per heavy atom. The summed E-state index contributed by atoms with van der Waals surface area (Å²) in [5, 5.41) is 11.8. The van der Waals surface area contributed by atoms with Crippen LogP contribution in [0, 0.1) is 0 Å². The van der Waals surface area contributed by atoms with Crippen molar-refractivity contribution in [1.29, 1.82) is 0 Å². The second kappa shape index (κ2) is 5.11. The number of aliphatic carboxylic acids is 1. The van der Waals surface area contributed by atoms with Crippen LogP contribution in [0.15, 0.2) is 0 Å². The maximum Gasteiger partial charge on any atom is 0.329 e. The molecular weight excluding hydrogens is 198 g/mol. The first-order valence-corrected chi connectivity index (χ1v) is 5.14. The molecule has 0 bridgehead atoms. The Bertz CT molecular complexity index is 254. The van der Waals surface area contributed by atoms with Crippen LogP contribution in [0.25, 0.3) is 0 Å². The zero-order valence-electron chi connectivity index (χ0n) is 8.91. The van der Waals surface area contributed by atoms with Crippen molar-refractivity contribution in [3.8, 4) is 0 Å².